The molecule has 1 aliphatic rings. The Morgan fingerprint density at radius 2 is 2.20 bits per heavy atom. The van der Waals surface area contributed by atoms with Gasteiger partial charge in [-0.3, -0.25) is 0 Å². The fraction of sp³-hybridized carbons (Fsp3) is 0.562. The van der Waals surface area contributed by atoms with Crippen molar-refractivity contribution in [1.82, 2.24) is 9.55 Å². The number of rotatable bonds is 5. The third kappa shape index (κ3) is 3.45. The minimum atomic E-state index is 0.478. The number of imidazole rings is 1. The third-order valence-corrected chi connectivity index (χ3v) is 6.73. The van der Waals surface area contributed by atoms with Gasteiger partial charge in [-0.25, -0.2) is 4.98 Å². The number of hydrogen-bond donors (Lipinski definition) is 0. The molecule has 2 aromatic rings. The highest BCUT2D eigenvalue weighted by Crippen LogP contribution is 2.35. The van der Waals surface area contributed by atoms with Gasteiger partial charge in [-0.05, 0) is 52.8 Å². The van der Waals surface area contributed by atoms with Gasteiger partial charge in [-0.15, -0.1) is 11.3 Å². The summed E-state index contributed by atoms with van der Waals surface area (Å²) in [5.74, 6) is 0.951. The van der Waals surface area contributed by atoms with E-state index in [1.54, 1.807) is 0 Å². The lowest BCUT2D eigenvalue weighted by atomic mass is 9.85. The molecule has 0 N–H and O–H groups in total. The van der Waals surface area contributed by atoms with Crippen molar-refractivity contribution in [2.75, 3.05) is 0 Å². The molecular formula is C16H21IN2S. The lowest BCUT2D eigenvalue weighted by molar-refractivity contribution is 0.317. The van der Waals surface area contributed by atoms with E-state index in [0.29, 0.717) is 6.04 Å². The van der Waals surface area contributed by atoms with Crippen molar-refractivity contribution in [2.45, 2.75) is 51.0 Å². The molecule has 2 aromatic heterocycles. The van der Waals surface area contributed by atoms with Crippen LogP contribution in [-0.2, 0) is 0 Å². The number of aromatic nitrogens is 2. The highest BCUT2D eigenvalue weighted by atomic mass is 127. The molecule has 4 heteroatoms. The van der Waals surface area contributed by atoms with Crippen molar-refractivity contribution in [3.05, 3.63) is 38.6 Å². The molecule has 1 fully saturated rings. The molecule has 2 nitrogen and oxygen atoms in total. The predicted octanol–water partition coefficient (Wildman–Crippen LogP) is 5.50. The molecule has 108 valence electrons. The Hall–Kier alpha value is -0.360. The first-order chi connectivity index (χ1) is 9.84. The Morgan fingerprint density at radius 1 is 1.35 bits per heavy atom. The molecule has 2 heterocycles. The zero-order chi connectivity index (χ0) is 13.8. The van der Waals surface area contributed by atoms with Crippen LogP contribution in [0.1, 0.15) is 55.9 Å². The smallest absolute Gasteiger partial charge is 0.0951 e. The van der Waals surface area contributed by atoms with E-state index in [4.69, 9.17) is 0 Å². The summed E-state index contributed by atoms with van der Waals surface area (Å²) in [4.78, 5) is 5.74. The molecule has 0 saturated heterocycles. The largest absolute Gasteiger partial charge is 0.329 e. The first-order valence-electron chi connectivity index (χ1n) is 7.55. The minimum absolute atomic E-state index is 0.478. The molecule has 1 aliphatic carbocycles. The molecule has 0 radical (unpaired) electrons. The standard InChI is InChI=1S/C16H21IN2S/c17-14-8-11-20-16(14)15(19-10-9-18-12-19)7-6-13-4-2-1-3-5-13/h8-13,15H,1-7H2. The Bertz CT molecular complexity index is 514. The van der Waals surface area contributed by atoms with E-state index in [-0.39, 0.29) is 0 Å². The van der Waals surface area contributed by atoms with Gasteiger partial charge in [0.1, 0.15) is 0 Å². The van der Waals surface area contributed by atoms with Crippen LogP contribution in [0.4, 0.5) is 0 Å². The number of halogens is 1. The fourth-order valence-corrected chi connectivity index (χ4v) is 5.37. The second-order valence-corrected chi connectivity index (χ2v) is 7.85. The van der Waals surface area contributed by atoms with Crippen molar-refractivity contribution >= 4 is 33.9 Å². The van der Waals surface area contributed by atoms with Crippen LogP contribution in [-0.4, -0.2) is 9.55 Å². The summed E-state index contributed by atoms with van der Waals surface area (Å²) in [6, 6.07) is 2.71. The van der Waals surface area contributed by atoms with E-state index >= 15 is 0 Å². The van der Waals surface area contributed by atoms with Crippen molar-refractivity contribution in [1.29, 1.82) is 0 Å². The topological polar surface area (TPSA) is 17.8 Å². The second kappa shape index (κ2) is 7.07. The van der Waals surface area contributed by atoms with Gasteiger partial charge < -0.3 is 4.57 Å². The van der Waals surface area contributed by atoms with Gasteiger partial charge in [-0.2, -0.15) is 0 Å². The van der Waals surface area contributed by atoms with E-state index in [1.165, 1.54) is 53.4 Å². The number of nitrogens with zero attached hydrogens (tertiary/aromatic N) is 2. The summed E-state index contributed by atoms with van der Waals surface area (Å²) < 4.78 is 3.69. The van der Waals surface area contributed by atoms with Crippen molar-refractivity contribution in [2.24, 2.45) is 5.92 Å². The Labute approximate surface area is 138 Å². The first kappa shape index (κ1) is 14.6. The van der Waals surface area contributed by atoms with Gasteiger partial charge >= 0.3 is 0 Å². The summed E-state index contributed by atoms with van der Waals surface area (Å²) in [7, 11) is 0. The third-order valence-electron chi connectivity index (χ3n) is 4.41. The first-order valence-corrected chi connectivity index (χ1v) is 9.51. The monoisotopic (exact) mass is 400 g/mol. The van der Waals surface area contributed by atoms with Gasteiger partial charge in [0.25, 0.3) is 0 Å². The van der Waals surface area contributed by atoms with Crippen LogP contribution in [0.5, 0.6) is 0 Å². The lowest BCUT2D eigenvalue weighted by Gasteiger charge is -2.24. The van der Waals surface area contributed by atoms with Crippen LogP contribution >= 0.6 is 33.9 Å². The molecule has 1 unspecified atom stereocenters. The summed E-state index contributed by atoms with van der Waals surface area (Å²) in [6.45, 7) is 0. The molecule has 1 atom stereocenters. The molecule has 0 amide bonds. The maximum Gasteiger partial charge on any atom is 0.0951 e. The maximum absolute atomic E-state index is 4.24. The molecule has 1 saturated carbocycles. The van der Waals surface area contributed by atoms with Gasteiger partial charge in [0.2, 0.25) is 0 Å². The highest BCUT2D eigenvalue weighted by molar-refractivity contribution is 14.1. The minimum Gasteiger partial charge on any atom is -0.329 e. The molecular weight excluding hydrogens is 379 g/mol. The van der Waals surface area contributed by atoms with Gasteiger partial charge in [0.15, 0.2) is 0 Å². The average molecular weight is 400 g/mol. The SMILES string of the molecule is Ic1ccsc1C(CCC1CCCCC1)n1ccnc1. The van der Waals surface area contributed by atoms with E-state index < -0.39 is 0 Å². The molecule has 3 rings (SSSR count). The van der Waals surface area contributed by atoms with Crippen LogP contribution in [0.3, 0.4) is 0 Å². The zero-order valence-corrected chi connectivity index (χ0v) is 14.6. The quantitative estimate of drug-likeness (QED) is 0.606. The second-order valence-electron chi connectivity index (χ2n) is 5.74. The predicted molar refractivity (Wildman–Crippen MR) is 93.2 cm³/mol. The van der Waals surface area contributed by atoms with Crippen molar-refractivity contribution in [3.63, 3.8) is 0 Å². The number of hydrogen-bond acceptors (Lipinski definition) is 2. The molecule has 0 bridgehead atoms. The van der Waals surface area contributed by atoms with Crippen LogP contribution < -0.4 is 0 Å². The lowest BCUT2D eigenvalue weighted by Crippen LogP contribution is -2.13. The average Bonchev–Trinajstić information content (AvgIpc) is 3.13. The van der Waals surface area contributed by atoms with Crippen LogP contribution in [0, 0.1) is 9.49 Å². The summed E-state index contributed by atoms with van der Waals surface area (Å²) in [6.07, 6.45) is 15.8. The van der Waals surface area contributed by atoms with Crippen LogP contribution in [0.25, 0.3) is 0 Å². The Balaban J connectivity index is 1.71. The van der Waals surface area contributed by atoms with Crippen molar-refractivity contribution in [3.8, 4) is 0 Å². The van der Waals surface area contributed by atoms with E-state index in [2.05, 4.69) is 49.8 Å². The van der Waals surface area contributed by atoms with E-state index in [1.807, 2.05) is 23.9 Å². The number of thiophene rings is 1. The maximum atomic E-state index is 4.24. The molecule has 0 aromatic carbocycles. The highest BCUT2D eigenvalue weighted by Gasteiger charge is 2.20. The zero-order valence-electron chi connectivity index (χ0n) is 11.7. The summed E-state index contributed by atoms with van der Waals surface area (Å²) >= 11 is 4.35. The summed E-state index contributed by atoms with van der Waals surface area (Å²) in [5.41, 5.74) is 0. The fourth-order valence-electron chi connectivity index (χ4n) is 3.28. The Morgan fingerprint density at radius 3 is 2.85 bits per heavy atom. The van der Waals surface area contributed by atoms with Gasteiger partial charge in [0.05, 0.1) is 12.4 Å². The molecule has 0 spiro atoms. The Kier molecular flexibility index (Phi) is 5.15. The van der Waals surface area contributed by atoms with Gasteiger partial charge in [-0.1, -0.05) is 32.1 Å². The van der Waals surface area contributed by atoms with Crippen LogP contribution in [0.15, 0.2) is 30.2 Å². The van der Waals surface area contributed by atoms with Crippen molar-refractivity contribution < 1.29 is 0 Å². The van der Waals surface area contributed by atoms with E-state index in [0.717, 1.165) is 5.92 Å². The van der Waals surface area contributed by atoms with E-state index in [9.17, 15) is 0 Å². The van der Waals surface area contributed by atoms with Crippen LogP contribution in [0.2, 0.25) is 0 Å². The summed E-state index contributed by atoms with van der Waals surface area (Å²) in [5, 5.41) is 2.21. The van der Waals surface area contributed by atoms with Gasteiger partial charge in [0, 0.05) is 20.8 Å². The molecule has 20 heavy (non-hydrogen) atoms. The molecule has 0 aliphatic heterocycles. The normalized spacial score (nSPS) is 18.2.